The predicted octanol–water partition coefficient (Wildman–Crippen LogP) is 2.52. The minimum absolute atomic E-state index is 0.119. The SMILES string of the molecule is CC1CCCC(NC(=O)n2c(=O)n(CCN3CCOCC3)c3ccccc32)C1C. The Kier molecular flexibility index (Phi) is 6.06. The fraction of sp³-hybridized carbons (Fsp3) is 0.636. The monoisotopic (exact) mass is 400 g/mol. The van der Waals surface area contributed by atoms with Gasteiger partial charge in [-0.15, -0.1) is 0 Å². The molecule has 4 rings (SSSR count). The summed E-state index contributed by atoms with van der Waals surface area (Å²) < 4.78 is 8.46. The van der Waals surface area contributed by atoms with Crippen molar-refractivity contribution in [1.82, 2.24) is 19.4 Å². The van der Waals surface area contributed by atoms with E-state index in [-0.39, 0.29) is 17.8 Å². The van der Waals surface area contributed by atoms with Gasteiger partial charge in [0.15, 0.2) is 0 Å². The van der Waals surface area contributed by atoms with E-state index in [0.717, 1.165) is 51.2 Å². The fourth-order valence-electron chi connectivity index (χ4n) is 4.70. The van der Waals surface area contributed by atoms with Gasteiger partial charge in [0.2, 0.25) is 0 Å². The number of ether oxygens (including phenoxy) is 1. The van der Waals surface area contributed by atoms with E-state index in [1.54, 1.807) is 4.57 Å². The van der Waals surface area contributed by atoms with Crippen LogP contribution in [0.5, 0.6) is 0 Å². The molecular formula is C22H32N4O3. The number of para-hydroxylation sites is 2. The van der Waals surface area contributed by atoms with Crippen LogP contribution in [0.2, 0.25) is 0 Å². The Bertz CT molecular complexity index is 912. The van der Waals surface area contributed by atoms with Gasteiger partial charge < -0.3 is 10.1 Å². The molecule has 0 radical (unpaired) electrons. The highest BCUT2D eigenvalue weighted by Crippen LogP contribution is 2.29. The summed E-state index contributed by atoms with van der Waals surface area (Å²) >= 11 is 0. The molecule has 3 unspecified atom stereocenters. The van der Waals surface area contributed by atoms with E-state index in [0.29, 0.717) is 23.9 Å². The molecule has 1 aromatic heterocycles. The van der Waals surface area contributed by atoms with E-state index in [1.165, 1.54) is 11.0 Å². The molecule has 1 aliphatic heterocycles. The lowest BCUT2D eigenvalue weighted by molar-refractivity contribution is 0.0364. The number of morpholine rings is 1. The first-order valence-electron chi connectivity index (χ1n) is 10.9. The summed E-state index contributed by atoms with van der Waals surface area (Å²) in [6.45, 7) is 9.01. The molecule has 3 atom stereocenters. The second kappa shape index (κ2) is 8.71. The van der Waals surface area contributed by atoms with Gasteiger partial charge in [-0.05, 0) is 30.4 Å². The van der Waals surface area contributed by atoms with Gasteiger partial charge in [-0.3, -0.25) is 9.47 Å². The molecule has 29 heavy (non-hydrogen) atoms. The van der Waals surface area contributed by atoms with Gasteiger partial charge in [-0.1, -0.05) is 38.8 Å². The summed E-state index contributed by atoms with van der Waals surface area (Å²) in [5.41, 5.74) is 1.23. The van der Waals surface area contributed by atoms with Crippen molar-refractivity contribution in [2.75, 3.05) is 32.8 Å². The average molecular weight is 401 g/mol. The number of nitrogens with zero attached hydrogens (tertiary/aromatic N) is 3. The number of amides is 1. The quantitative estimate of drug-likeness (QED) is 0.856. The molecule has 2 heterocycles. The van der Waals surface area contributed by atoms with Crippen molar-refractivity contribution in [3.05, 3.63) is 34.7 Å². The van der Waals surface area contributed by atoms with Crippen LogP contribution in [0.3, 0.4) is 0 Å². The molecule has 2 aliphatic rings. The normalized spacial score (nSPS) is 25.9. The Balaban J connectivity index is 1.58. The first-order valence-corrected chi connectivity index (χ1v) is 10.9. The molecule has 1 aliphatic carbocycles. The van der Waals surface area contributed by atoms with E-state index in [9.17, 15) is 9.59 Å². The van der Waals surface area contributed by atoms with Crippen LogP contribution in [-0.4, -0.2) is 59.0 Å². The lowest BCUT2D eigenvalue weighted by Crippen LogP contribution is -2.47. The molecule has 2 fully saturated rings. The van der Waals surface area contributed by atoms with Gasteiger partial charge in [0, 0.05) is 32.2 Å². The summed E-state index contributed by atoms with van der Waals surface area (Å²) in [4.78, 5) is 28.6. The molecule has 2 aromatic rings. The van der Waals surface area contributed by atoms with Gasteiger partial charge in [0.05, 0.1) is 24.2 Å². The van der Waals surface area contributed by atoms with Crippen LogP contribution in [-0.2, 0) is 11.3 Å². The van der Waals surface area contributed by atoms with Crippen LogP contribution < -0.4 is 11.0 Å². The molecule has 1 aromatic carbocycles. The Morgan fingerprint density at radius 1 is 1.10 bits per heavy atom. The van der Waals surface area contributed by atoms with E-state index in [1.807, 2.05) is 24.3 Å². The van der Waals surface area contributed by atoms with Crippen molar-refractivity contribution < 1.29 is 9.53 Å². The van der Waals surface area contributed by atoms with Crippen LogP contribution >= 0.6 is 0 Å². The van der Waals surface area contributed by atoms with Crippen LogP contribution in [0.1, 0.15) is 33.1 Å². The largest absolute Gasteiger partial charge is 0.379 e. The standard InChI is InChI=1S/C22H32N4O3/c1-16-6-5-7-18(17(16)2)23-21(27)26-20-9-4-3-8-19(20)25(22(26)28)11-10-24-12-14-29-15-13-24/h3-4,8-9,16-18H,5-7,10-15H2,1-2H3,(H,23,27). The smallest absolute Gasteiger partial charge is 0.337 e. The number of hydrogen-bond donors (Lipinski definition) is 1. The third-order valence-electron chi connectivity index (χ3n) is 6.80. The number of carbonyl (C=O) groups is 1. The molecule has 1 saturated heterocycles. The number of carbonyl (C=O) groups excluding carboxylic acids is 1. The second-order valence-corrected chi connectivity index (χ2v) is 8.54. The molecular weight excluding hydrogens is 368 g/mol. The lowest BCUT2D eigenvalue weighted by Gasteiger charge is -2.34. The number of aromatic nitrogens is 2. The fourth-order valence-corrected chi connectivity index (χ4v) is 4.70. The van der Waals surface area contributed by atoms with Crippen molar-refractivity contribution in [2.24, 2.45) is 11.8 Å². The van der Waals surface area contributed by atoms with Crippen molar-refractivity contribution in [3.8, 4) is 0 Å². The number of benzene rings is 1. The highest BCUT2D eigenvalue weighted by atomic mass is 16.5. The van der Waals surface area contributed by atoms with Gasteiger partial charge in [-0.25, -0.2) is 14.2 Å². The number of rotatable bonds is 4. The van der Waals surface area contributed by atoms with Crippen molar-refractivity contribution in [3.63, 3.8) is 0 Å². The highest BCUT2D eigenvalue weighted by Gasteiger charge is 2.29. The summed E-state index contributed by atoms with van der Waals surface area (Å²) in [7, 11) is 0. The van der Waals surface area contributed by atoms with E-state index < -0.39 is 0 Å². The second-order valence-electron chi connectivity index (χ2n) is 8.54. The maximum atomic E-state index is 13.2. The topological polar surface area (TPSA) is 68.5 Å². The number of hydrogen-bond acceptors (Lipinski definition) is 4. The van der Waals surface area contributed by atoms with E-state index >= 15 is 0 Å². The molecule has 1 saturated carbocycles. The Labute approximate surface area is 171 Å². The third-order valence-corrected chi connectivity index (χ3v) is 6.80. The third kappa shape index (κ3) is 4.12. The maximum Gasteiger partial charge on any atom is 0.337 e. The van der Waals surface area contributed by atoms with Crippen LogP contribution in [0.15, 0.2) is 29.1 Å². The molecule has 158 valence electrons. The van der Waals surface area contributed by atoms with Crippen LogP contribution in [0.25, 0.3) is 11.0 Å². The summed E-state index contributed by atoms with van der Waals surface area (Å²) in [5, 5.41) is 3.15. The molecule has 7 nitrogen and oxygen atoms in total. The van der Waals surface area contributed by atoms with Gasteiger partial charge in [-0.2, -0.15) is 0 Å². The molecule has 0 bridgehead atoms. The van der Waals surface area contributed by atoms with E-state index in [2.05, 4.69) is 24.1 Å². The minimum atomic E-state index is -0.303. The zero-order valence-electron chi connectivity index (χ0n) is 17.5. The molecule has 0 spiro atoms. The number of nitrogens with one attached hydrogen (secondary N) is 1. The Hall–Kier alpha value is -2.12. The van der Waals surface area contributed by atoms with Crippen LogP contribution in [0, 0.1) is 11.8 Å². The average Bonchev–Trinajstić information content (AvgIpc) is 3.02. The highest BCUT2D eigenvalue weighted by molar-refractivity contribution is 5.89. The zero-order chi connectivity index (χ0) is 20.4. The lowest BCUT2D eigenvalue weighted by atomic mass is 9.78. The van der Waals surface area contributed by atoms with Gasteiger partial charge in [0.25, 0.3) is 0 Å². The minimum Gasteiger partial charge on any atom is -0.379 e. The predicted molar refractivity (Wildman–Crippen MR) is 113 cm³/mol. The van der Waals surface area contributed by atoms with Crippen molar-refractivity contribution >= 4 is 17.1 Å². The number of imidazole rings is 1. The first kappa shape index (κ1) is 20.2. The molecule has 7 heteroatoms. The summed E-state index contributed by atoms with van der Waals surface area (Å²) in [6, 6.07) is 7.39. The molecule has 1 N–H and O–H groups in total. The van der Waals surface area contributed by atoms with Gasteiger partial charge in [0.1, 0.15) is 0 Å². The summed E-state index contributed by atoms with van der Waals surface area (Å²) in [5.74, 6) is 0.999. The van der Waals surface area contributed by atoms with E-state index in [4.69, 9.17) is 4.74 Å². The maximum absolute atomic E-state index is 13.2. The van der Waals surface area contributed by atoms with Crippen LogP contribution in [0.4, 0.5) is 4.79 Å². The van der Waals surface area contributed by atoms with Gasteiger partial charge >= 0.3 is 11.7 Å². The summed E-state index contributed by atoms with van der Waals surface area (Å²) in [6.07, 6.45) is 3.29. The molecule has 1 amide bonds. The Morgan fingerprint density at radius 3 is 2.59 bits per heavy atom. The first-order chi connectivity index (χ1) is 14.1. The zero-order valence-corrected chi connectivity index (χ0v) is 17.5. The van der Waals surface area contributed by atoms with Crippen molar-refractivity contribution in [1.29, 1.82) is 0 Å². The Morgan fingerprint density at radius 2 is 1.83 bits per heavy atom. The van der Waals surface area contributed by atoms with Crippen molar-refractivity contribution in [2.45, 2.75) is 45.7 Å². The number of fused-ring (bicyclic) bond motifs is 1.